The molecular formula is C25H38N2O2. The van der Waals surface area contributed by atoms with E-state index in [2.05, 4.69) is 61.3 Å². The Morgan fingerprint density at radius 2 is 1.38 bits per heavy atom. The quantitative estimate of drug-likeness (QED) is 0.579. The predicted octanol–water partition coefficient (Wildman–Crippen LogP) is 4.64. The van der Waals surface area contributed by atoms with Gasteiger partial charge in [0.25, 0.3) is 0 Å². The normalized spacial score (nSPS) is 12.7. The summed E-state index contributed by atoms with van der Waals surface area (Å²) in [4.78, 5) is 13.4. The van der Waals surface area contributed by atoms with Gasteiger partial charge in [0, 0.05) is 6.04 Å². The van der Waals surface area contributed by atoms with Crippen LogP contribution < -0.4 is 5.32 Å². The molecular weight excluding hydrogens is 360 g/mol. The maximum Gasteiger partial charge on any atom is 0.321 e. The monoisotopic (exact) mass is 398 g/mol. The van der Waals surface area contributed by atoms with E-state index in [1.165, 1.54) is 5.56 Å². The van der Waals surface area contributed by atoms with Gasteiger partial charge in [-0.3, -0.25) is 4.79 Å². The van der Waals surface area contributed by atoms with Crippen molar-refractivity contribution in [1.29, 1.82) is 0 Å². The summed E-state index contributed by atoms with van der Waals surface area (Å²) in [5, 5.41) is 12.0. The summed E-state index contributed by atoms with van der Waals surface area (Å²) in [7, 11) is 0. The summed E-state index contributed by atoms with van der Waals surface area (Å²) in [5.74, 6) is -0.785. The smallest absolute Gasteiger partial charge is 0.321 e. The lowest BCUT2D eigenvalue weighted by atomic mass is 10.1. The minimum absolute atomic E-state index is 0.479. The number of nitrogens with one attached hydrogen (secondary N) is 1. The van der Waals surface area contributed by atoms with Crippen molar-refractivity contribution in [2.75, 3.05) is 19.6 Å². The average molecular weight is 399 g/mol. The van der Waals surface area contributed by atoms with Gasteiger partial charge in [0.15, 0.2) is 0 Å². The van der Waals surface area contributed by atoms with Crippen LogP contribution in [0.4, 0.5) is 0 Å². The Balaban J connectivity index is 0.000000291. The number of hydrogen-bond donors (Lipinski definition) is 2. The van der Waals surface area contributed by atoms with Gasteiger partial charge in [-0.25, -0.2) is 0 Å². The Labute approximate surface area is 177 Å². The molecule has 0 heterocycles. The summed E-state index contributed by atoms with van der Waals surface area (Å²) in [6, 6.07) is 20.6. The molecule has 2 atom stereocenters. The van der Waals surface area contributed by atoms with E-state index in [9.17, 15) is 4.79 Å². The van der Waals surface area contributed by atoms with Crippen molar-refractivity contribution >= 4 is 5.97 Å². The van der Waals surface area contributed by atoms with Crippen LogP contribution in [0.1, 0.15) is 45.2 Å². The summed E-state index contributed by atoms with van der Waals surface area (Å²) >= 11 is 0. The molecule has 0 bridgehead atoms. The van der Waals surface area contributed by atoms with Gasteiger partial charge >= 0.3 is 5.97 Å². The number of carboxylic acid groups (broad SMARTS) is 1. The second kappa shape index (κ2) is 14.8. The molecule has 29 heavy (non-hydrogen) atoms. The van der Waals surface area contributed by atoms with Crippen LogP contribution in [0.2, 0.25) is 0 Å². The number of carboxylic acids is 1. The lowest BCUT2D eigenvalue weighted by molar-refractivity contribution is -0.139. The molecule has 0 fully saturated rings. The van der Waals surface area contributed by atoms with Gasteiger partial charge in [-0.1, -0.05) is 81.4 Å². The lowest BCUT2D eigenvalue weighted by Gasteiger charge is -2.26. The number of rotatable bonds is 11. The molecule has 0 radical (unpaired) electrons. The summed E-state index contributed by atoms with van der Waals surface area (Å²) in [6.45, 7) is 11.8. The largest absolute Gasteiger partial charge is 0.480 e. The third kappa shape index (κ3) is 10.2. The van der Waals surface area contributed by atoms with Gasteiger partial charge in [-0.2, -0.15) is 0 Å². The molecule has 0 saturated carbocycles. The molecule has 2 N–H and O–H groups in total. The standard InChI is InChI=1S/C13H21N.C12H17NO2/c1-4-14(5-2)12(3)11-13-9-7-6-8-10-13;1-2-8-13-11(12(14)15)9-10-6-4-3-5-7-10/h6-10,12H,4-5,11H2,1-3H3;3-7,11,13H,2,8-9H2,1H3,(H,14,15). The highest BCUT2D eigenvalue weighted by Gasteiger charge is 2.16. The predicted molar refractivity (Wildman–Crippen MR) is 122 cm³/mol. The van der Waals surface area contributed by atoms with E-state index >= 15 is 0 Å². The summed E-state index contributed by atoms with van der Waals surface area (Å²) in [6.07, 6.45) is 2.64. The van der Waals surface area contributed by atoms with Crippen molar-refractivity contribution < 1.29 is 9.90 Å². The molecule has 0 spiro atoms. The van der Waals surface area contributed by atoms with Crippen molar-refractivity contribution in [1.82, 2.24) is 10.2 Å². The number of likely N-dealkylation sites (N-methyl/N-ethyl adjacent to an activating group) is 1. The summed E-state index contributed by atoms with van der Waals surface area (Å²) < 4.78 is 0. The van der Waals surface area contributed by atoms with Crippen LogP contribution in [-0.4, -0.2) is 47.7 Å². The zero-order valence-electron chi connectivity index (χ0n) is 18.5. The third-order valence-electron chi connectivity index (χ3n) is 5.03. The maximum atomic E-state index is 10.9. The van der Waals surface area contributed by atoms with Crippen molar-refractivity contribution in [3.05, 3.63) is 71.8 Å². The van der Waals surface area contributed by atoms with Crippen LogP contribution in [0.25, 0.3) is 0 Å². The van der Waals surface area contributed by atoms with E-state index in [0.717, 1.165) is 38.0 Å². The molecule has 160 valence electrons. The minimum Gasteiger partial charge on any atom is -0.480 e. The van der Waals surface area contributed by atoms with Crippen LogP contribution in [-0.2, 0) is 17.6 Å². The first-order valence-corrected chi connectivity index (χ1v) is 10.8. The van der Waals surface area contributed by atoms with Crippen LogP contribution in [0.15, 0.2) is 60.7 Å². The van der Waals surface area contributed by atoms with Gasteiger partial charge < -0.3 is 15.3 Å². The Bertz CT molecular complexity index is 657. The molecule has 0 aliphatic carbocycles. The first kappa shape index (κ1) is 24.9. The third-order valence-corrected chi connectivity index (χ3v) is 5.03. The molecule has 2 aromatic rings. The zero-order chi connectivity index (χ0) is 21.5. The molecule has 4 heteroatoms. The van der Waals surface area contributed by atoms with Gasteiger partial charge in [-0.05, 0) is 56.9 Å². The van der Waals surface area contributed by atoms with E-state index in [0.29, 0.717) is 12.5 Å². The average Bonchev–Trinajstić information content (AvgIpc) is 2.74. The Morgan fingerprint density at radius 3 is 1.79 bits per heavy atom. The van der Waals surface area contributed by atoms with Crippen molar-refractivity contribution in [3.63, 3.8) is 0 Å². The number of hydrogen-bond acceptors (Lipinski definition) is 3. The topological polar surface area (TPSA) is 52.6 Å². The fraction of sp³-hybridized carbons (Fsp3) is 0.480. The highest BCUT2D eigenvalue weighted by molar-refractivity contribution is 5.73. The van der Waals surface area contributed by atoms with Gasteiger partial charge in [0.05, 0.1) is 0 Å². The fourth-order valence-corrected chi connectivity index (χ4v) is 3.35. The van der Waals surface area contributed by atoms with E-state index < -0.39 is 12.0 Å². The van der Waals surface area contributed by atoms with Crippen LogP contribution in [0.3, 0.4) is 0 Å². The van der Waals surface area contributed by atoms with Gasteiger partial charge in [-0.15, -0.1) is 0 Å². The van der Waals surface area contributed by atoms with Crippen LogP contribution in [0.5, 0.6) is 0 Å². The van der Waals surface area contributed by atoms with Gasteiger partial charge in [0.1, 0.15) is 6.04 Å². The van der Waals surface area contributed by atoms with E-state index in [-0.39, 0.29) is 0 Å². The molecule has 0 amide bonds. The lowest BCUT2D eigenvalue weighted by Crippen LogP contribution is -2.38. The molecule has 0 saturated heterocycles. The minimum atomic E-state index is -0.785. The van der Waals surface area contributed by atoms with Crippen LogP contribution in [0, 0.1) is 0 Å². The van der Waals surface area contributed by atoms with E-state index in [4.69, 9.17) is 5.11 Å². The molecule has 2 aromatic carbocycles. The molecule has 2 rings (SSSR count). The van der Waals surface area contributed by atoms with E-state index in [1.807, 2.05) is 37.3 Å². The molecule has 0 aliphatic rings. The SMILES string of the molecule is CCCNC(Cc1ccccc1)C(=O)O.CCN(CC)C(C)Cc1ccccc1. The molecule has 2 unspecified atom stereocenters. The number of nitrogens with zero attached hydrogens (tertiary/aromatic N) is 1. The second-order valence-corrected chi connectivity index (χ2v) is 7.29. The first-order chi connectivity index (χ1) is 14.0. The van der Waals surface area contributed by atoms with E-state index in [1.54, 1.807) is 0 Å². The van der Waals surface area contributed by atoms with Crippen molar-refractivity contribution in [2.24, 2.45) is 0 Å². The molecule has 4 nitrogen and oxygen atoms in total. The highest BCUT2D eigenvalue weighted by atomic mass is 16.4. The van der Waals surface area contributed by atoms with Gasteiger partial charge in [0.2, 0.25) is 0 Å². The Kier molecular flexibility index (Phi) is 12.7. The molecule has 0 aromatic heterocycles. The maximum absolute atomic E-state index is 10.9. The van der Waals surface area contributed by atoms with Crippen LogP contribution >= 0.6 is 0 Å². The highest BCUT2D eigenvalue weighted by Crippen LogP contribution is 2.08. The first-order valence-electron chi connectivity index (χ1n) is 10.8. The Hall–Kier alpha value is -2.17. The number of carbonyl (C=O) groups is 1. The zero-order valence-corrected chi connectivity index (χ0v) is 18.5. The van der Waals surface area contributed by atoms with Crippen molar-refractivity contribution in [3.8, 4) is 0 Å². The Morgan fingerprint density at radius 1 is 0.897 bits per heavy atom. The fourth-order valence-electron chi connectivity index (χ4n) is 3.35. The second-order valence-electron chi connectivity index (χ2n) is 7.29. The molecule has 0 aliphatic heterocycles. The number of aliphatic carboxylic acids is 1. The summed E-state index contributed by atoms with van der Waals surface area (Å²) in [5.41, 5.74) is 2.49. The number of benzene rings is 2. The van der Waals surface area contributed by atoms with Crippen molar-refractivity contribution in [2.45, 2.75) is 59.0 Å².